The van der Waals surface area contributed by atoms with Crippen LogP contribution in [0.25, 0.3) is 0 Å². The first kappa shape index (κ1) is 11.0. The van der Waals surface area contributed by atoms with Gasteiger partial charge in [0.05, 0.1) is 0 Å². The van der Waals surface area contributed by atoms with Gasteiger partial charge >= 0.3 is 13.5 Å². The first-order chi connectivity index (χ1) is 5.39. The Bertz CT molecular complexity index is 291. The highest BCUT2D eigenvalue weighted by molar-refractivity contribution is 7.45. The van der Waals surface area contributed by atoms with E-state index in [1.807, 2.05) is 0 Å². The number of hydrogen-bond acceptors (Lipinski definition) is 3. The van der Waals surface area contributed by atoms with E-state index in [2.05, 4.69) is 9.97 Å². The highest BCUT2D eigenvalue weighted by atomic mass is 31.2. The number of rotatable bonds is 0. The normalized spacial score (nSPS) is 9.92. The number of nitrogens with zero attached hydrogens (tertiary/aromatic N) is 1. The van der Waals surface area contributed by atoms with Gasteiger partial charge in [-0.15, -0.1) is 0 Å². The monoisotopic (exact) mass is 194 g/mol. The summed E-state index contributed by atoms with van der Waals surface area (Å²) in [4.78, 5) is 37.4. The van der Waals surface area contributed by atoms with Gasteiger partial charge in [-0.05, 0) is 6.07 Å². The van der Waals surface area contributed by atoms with Crippen LogP contribution in [0.3, 0.4) is 0 Å². The number of nitrogens with one attached hydrogen (secondary N) is 1. The van der Waals surface area contributed by atoms with Gasteiger partial charge < -0.3 is 19.7 Å². The molecule has 0 spiro atoms. The molecule has 1 rings (SSSR count). The van der Waals surface area contributed by atoms with Crippen molar-refractivity contribution < 1.29 is 19.2 Å². The largest absolute Gasteiger partial charge is 0.466 e. The van der Waals surface area contributed by atoms with Crippen LogP contribution in [-0.4, -0.2) is 24.6 Å². The zero-order valence-corrected chi connectivity index (χ0v) is 6.68. The molecule has 0 aromatic carbocycles. The standard InChI is InChI=1S/C4H4N2O.H3O4P/c7-4-5-2-1-3-6-4;1-5(2,3)4/h1-3H,(H,5,6,7);(H3,1,2,3,4). The summed E-state index contributed by atoms with van der Waals surface area (Å²) in [6.07, 6.45) is 2.98. The molecule has 1 aromatic heterocycles. The topological polar surface area (TPSA) is 124 Å². The Morgan fingerprint density at radius 3 is 2.08 bits per heavy atom. The third-order valence-electron chi connectivity index (χ3n) is 0.581. The molecule has 0 aliphatic carbocycles. The highest BCUT2D eigenvalue weighted by Crippen LogP contribution is 2.25. The fourth-order valence-corrected chi connectivity index (χ4v) is 0.310. The molecular formula is C4H7N2O5P. The Balaban J connectivity index is 0.000000217. The predicted molar refractivity (Wildman–Crippen MR) is 39.1 cm³/mol. The van der Waals surface area contributed by atoms with Gasteiger partial charge in [0.2, 0.25) is 0 Å². The van der Waals surface area contributed by atoms with Crippen LogP contribution in [0.4, 0.5) is 0 Å². The summed E-state index contributed by atoms with van der Waals surface area (Å²) in [5.74, 6) is 0. The van der Waals surface area contributed by atoms with Crippen molar-refractivity contribution in [2.45, 2.75) is 0 Å². The van der Waals surface area contributed by atoms with Crippen molar-refractivity contribution in [3.8, 4) is 0 Å². The Labute approximate surface area is 67.0 Å². The van der Waals surface area contributed by atoms with Crippen molar-refractivity contribution >= 4 is 7.82 Å². The molecule has 0 radical (unpaired) electrons. The summed E-state index contributed by atoms with van der Waals surface area (Å²) >= 11 is 0. The SMILES string of the molecule is O=P(O)(O)O.O=c1nccc[nH]1. The summed E-state index contributed by atoms with van der Waals surface area (Å²) in [7, 11) is -4.64. The minimum absolute atomic E-state index is 0.303. The summed E-state index contributed by atoms with van der Waals surface area (Å²) < 4.78 is 8.88. The average molecular weight is 194 g/mol. The van der Waals surface area contributed by atoms with Gasteiger partial charge in [0.25, 0.3) is 0 Å². The second-order valence-electron chi connectivity index (χ2n) is 1.60. The van der Waals surface area contributed by atoms with Crippen molar-refractivity contribution in [2.75, 3.05) is 0 Å². The van der Waals surface area contributed by atoms with E-state index in [4.69, 9.17) is 19.2 Å². The molecule has 0 amide bonds. The second-order valence-corrected chi connectivity index (χ2v) is 2.63. The lowest BCUT2D eigenvalue weighted by atomic mass is 10.7. The quantitative estimate of drug-likeness (QED) is 0.386. The minimum Gasteiger partial charge on any atom is -0.313 e. The molecule has 0 atom stereocenters. The molecule has 0 saturated carbocycles. The van der Waals surface area contributed by atoms with Crippen LogP contribution in [0.1, 0.15) is 0 Å². The van der Waals surface area contributed by atoms with Crippen molar-refractivity contribution in [2.24, 2.45) is 0 Å². The third-order valence-corrected chi connectivity index (χ3v) is 0.581. The lowest BCUT2D eigenvalue weighted by Gasteiger charge is -1.82. The molecule has 1 heterocycles. The molecule has 4 N–H and O–H groups in total. The third kappa shape index (κ3) is 11.7. The minimum atomic E-state index is -4.64. The predicted octanol–water partition coefficient (Wildman–Crippen LogP) is -1.16. The van der Waals surface area contributed by atoms with E-state index in [9.17, 15) is 4.79 Å². The van der Waals surface area contributed by atoms with E-state index in [0.29, 0.717) is 0 Å². The highest BCUT2D eigenvalue weighted by Gasteiger charge is 2.00. The van der Waals surface area contributed by atoms with Crippen LogP contribution in [0.2, 0.25) is 0 Å². The van der Waals surface area contributed by atoms with Crippen molar-refractivity contribution in [3.63, 3.8) is 0 Å². The molecule has 0 saturated heterocycles. The maximum Gasteiger partial charge on any atom is 0.466 e. The van der Waals surface area contributed by atoms with Crippen LogP contribution in [0, 0.1) is 0 Å². The summed E-state index contributed by atoms with van der Waals surface area (Å²) in [6.45, 7) is 0. The number of aromatic nitrogens is 2. The number of hydrogen-bond donors (Lipinski definition) is 4. The Kier molecular flexibility index (Phi) is 4.38. The molecule has 0 aliphatic heterocycles. The molecule has 0 bridgehead atoms. The van der Waals surface area contributed by atoms with E-state index in [-0.39, 0.29) is 5.69 Å². The molecule has 12 heavy (non-hydrogen) atoms. The number of phosphoric acid groups is 1. The summed E-state index contributed by atoms with van der Waals surface area (Å²) in [6, 6.07) is 1.65. The fraction of sp³-hybridized carbons (Fsp3) is 0. The maximum absolute atomic E-state index is 10.1. The zero-order valence-electron chi connectivity index (χ0n) is 5.78. The van der Waals surface area contributed by atoms with Gasteiger partial charge in [0, 0.05) is 12.4 Å². The van der Waals surface area contributed by atoms with Gasteiger partial charge in [-0.3, -0.25) is 0 Å². The fourth-order valence-electron chi connectivity index (χ4n) is 0.310. The van der Waals surface area contributed by atoms with Gasteiger partial charge in [-0.2, -0.15) is 0 Å². The van der Waals surface area contributed by atoms with Crippen LogP contribution < -0.4 is 5.69 Å². The zero-order chi connectivity index (χ0) is 9.61. The van der Waals surface area contributed by atoms with Crippen LogP contribution in [-0.2, 0) is 4.57 Å². The summed E-state index contributed by atoms with van der Waals surface area (Å²) in [5, 5.41) is 0. The van der Waals surface area contributed by atoms with Crippen molar-refractivity contribution in [1.82, 2.24) is 9.97 Å². The van der Waals surface area contributed by atoms with Crippen molar-refractivity contribution in [1.29, 1.82) is 0 Å². The molecular weight excluding hydrogens is 187 g/mol. The van der Waals surface area contributed by atoms with E-state index in [0.717, 1.165) is 0 Å². The molecule has 0 fully saturated rings. The van der Waals surface area contributed by atoms with E-state index < -0.39 is 7.82 Å². The lowest BCUT2D eigenvalue weighted by Crippen LogP contribution is -2.05. The Hall–Kier alpha value is -1.01. The van der Waals surface area contributed by atoms with E-state index >= 15 is 0 Å². The van der Waals surface area contributed by atoms with Crippen LogP contribution >= 0.6 is 7.82 Å². The van der Waals surface area contributed by atoms with Gasteiger partial charge in [0.15, 0.2) is 0 Å². The smallest absolute Gasteiger partial charge is 0.313 e. The number of H-pyrrole nitrogens is 1. The Morgan fingerprint density at radius 1 is 1.42 bits per heavy atom. The second kappa shape index (κ2) is 4.78. The molecule has 7 nitrogen and oxygen atoms in total. The number of aromatic amines is 1. The van der Waals surface area contributed by atoms with E-state index in [1.165, 1.54) is 12.4 Å². The van der Waals surface area contributed by atoms with Crippen LogP contribution in [0.15, 0.2) is 23.3 Å². The molecule has 0 aliphatic rings. The molecule has 8 heteroatoms. The molecule has 0 unspecified atom stereocenters. The van der Waals surface area contributed by atoms with E-state index in [1.54, 1.807) is 6.07 Å². The van der Waals surface area contributed by atoms with Crippen molar-refractivity contribution in [3.05, 3.63) is 28.9 Å². The van der Waals surface area contributed by atoms with Gasteiger partial charge in [-0.1, -0.05) is 0 Å². The average Bonchev–Trinajstić information content (AvgIpc) is 1.85. The molecule has 1 aromatic rings. The van der Waals surface area contributed by atoms with Crippen LogP contribution in [0.5, 0.6) is 0 Å². The van der Waals surface area contributed by atoms with Gasteiger partial charge in [0.1, 0.15) is 0 Å². The maximum atomic E-state index is 10.1. The lowest BCUT2D eigenvalue weighted by molar-refractivity contribution is 0.275. The Morgan fingerprint density at radius 2 is 1.92 bits per heavy atom. The van der Waals surface area contributed by atoms with Gasteiger partial charge in [-0.25, -0.2) is 14.3 Å². The summed E-state index contributed by atoms with van der Waals surface area (Å²) in [5.41, 5.74) is -0.303. The first-order valence-corrected chi connectivity index (χ1v) is 4.24. The first-order valence-electron chi connectivity index (χ1n) is 2.67. The molecule has 68 valence electrons.